The van der Waals surface area contributed by atoms with Crippen LogP contribution < -0.4 is 9.62 Å². The third-order valence-corrected chi connectivity index (χ3v) is 4.04. The molecule has 1 N–H and O–H groups in total. The van der Waals surface area contributed by atoms with E-state index in [4.69, 9.17) is 0 Å². The van der Waals surface area contributed by atoms with E-state index in [1.165, 1.54) is 0 Å². The summed E-state index contributed by atoms with van der Waals surface area (Å²) in [6.45, 7) is 2.26. The Hall–Kier alpha value is -1.08. The van der Waals surface area contributed by atoms with Gasteiger partial charge in [0.1, 0.15) is 6.54 Å². The van der Waals surface area contributed by atoms with E-state index in [0.29, 0.717) is 12.2 Å². The van der Waals surface area contributed by atoms with Gasteiger partial charge in [0.15, 0.2) is 0 Å². The Morgan fingerprint density at radius 2 is 1.89 bits per heavy atom. The number of halogens is 1. The molecule has 0 saturated heterocycles. The van der Waals surface area contributed by atoms with Crippen molar-refractivity contribution >= 4 is 37.5 Å². The van der Waals surface area contributed by atoms with Gasteiger partial charge in [0.25, 0.3) is 0 Å². The van der Waals surface area contributed by atoms with E-state index in [0.717, 1.165) is 21.5 Å². The van der Waals surface area contributed by atoms with Gasteiger partial charge in [0.2, 0.25) is 15.9 Å². The minimum absolute atomic E-state index is 0.208. The van der Waals surface area contributed by atoms with Gasteiger partial charge in [0, 0.05) is 11.0 Å². The van der Waals surface area contributed by atoms with Crippen LogP contribution in [0.25, 0.3) is 0 Å². The van der Waals surface area contributed by atoms with Crippen LogP contribution in [0.3, 0.4) is 0 Å². The van der Waals surface area contributed by atoms with Crippen molar-refractivity contribution in [3.8, 4) is 0 Å². The first-order valence-corrected chi connectivity index (χ1v) is 8.48. The van der Waals surface area contributed by atoms with Gasteiger partial charge in [-0.1, -0.05) is 22.9 Å². The molecule has 0 aliphatic heterocycles. The second kappa shape index (κ2) is 6.91. The minimum atomic E-state index is -3.49. The molecule has 0 spiro atoms. The van der Waals surface area contributed by atoms with Crippen molar-refractivity contribution in [3.05, 3.63) is 28.7 Å². The van der Waals surface area contributed by atoms with E-state index < -0.39 is 10.0 Å². The quantitative estimate of drug-likeness (QED) is 0.851. The van der Waals surface area contributed by atoms with Gasteiger partial charge in [-0.05, 0) is 30.7 Å². The predicted molar refractivity (Wildman–Crippen MR) is 79.6 cm³/mol. The summed E-state index contributed by atoms with van der Waals surface area (Å²) >= 11 is 3.28. The summed E-state index contributed by atoms with van der Waals surface area (Å²) < 4.78 is 25.5. The molecule has 1 aromatic carbocycles. The Balaban J connectivity index is 2.91. The number of hydrogen-bond acceptors (Lipinski definition) is 3. The maximum absolute atomic E-state index is 11.8. The highest BCUT2D eigenvalue weighted by Gasteiger charge is 2.20. The average molecular weight is 349 g/mol. The molecule has 7 heteroatoms. The Kier molecular flexibility index (Phi) is 5.81. The predicted octanol–water partition coefficient (Wildman–Crippen LogP) is 1.74. The van der Waals surface area contributed by atoms with Gasteiger partial charge in [0.05, 0.1) is 11.9 Å². The lowest BCUT2D eigenvalue weighted by molar-refractivity contribution is -0.119. The third kappa shape index (κ3) is 5.20. The molecule has 0 aliphatic carbocycles. The highest BCUT2D eigenvalue weighted by atomic mass is 79.9. The molecular formula is C12H17BrN2O3S. The molecule has 0 fully saturated rings. The lowest BCUT2D eigenvalue weighted by Crippen LogP contribution is -2.40. The molecule has 0 bridgehead atoms. The minimum Gasteiger partial charge on any atom is -0.355 e. The number of nitrogens with zero attached hydrogens (tertiary/aromatic N) is 1. The third-order valence-electron chi connectivity index (χ3n) is 2.37. The van der Waals surface area contributed by atoms with E-state index in [2.05, 4.69) is 21.2 Å². The first-order valence-electron chi connectivity index (χ1n) is 5.84. The number of anilines is 1. The number of carbonyl (C=O) groups is 1. The average Bonchev–Trinajstić information content (AvgIpc) is 2.33. The Morgan fingerprint density at radius 1 is 1.32 bits per heavy atom. The number of benzene rings is 1. The van der Waals surface area contributed by atoms with Crippen LogP contribution in [-0.2, 0) is 14.8 Å². The molecule has 0 heterocycles. The monoisotopic (exact) mass is 348 g/mol. The van der Waals surface area contributed by atoms with Crippen LogP contribution >= 0.6 is 15.9 Å². The van der Waals surface area contributed by atoms with Crippen molar-refractivity contribution in [2.75, 3.05) is 23.7 Å². The Morgan fingerprint density at radius 3 is 2.37 bits per heavy atom. The zero-order chi connectivity index (χ0) is 14.5. The molecule has 0 atom stereocenters. The van der Waals surface area contributed by atoms with Crippen LogP contribution in [0.4, 0.5) is 5.69 Å². The van der Waals surface area contributed by atoms with Crippen LogP contribution in [-0.4, -0.2) is 33.7 Å². The number of nitrogens with one attached hydrogen (secondary N) is 1. The van der Waals surface area contributed by atoms with Gasteiger partial charge >= 0.3 is 0 Å². The summed E-state index contributed by atoms with van der Waals surface area (Å²) in [5, 5.41) is 2.66. The number of hydrogen-bond donors (Lipinski definition) is 1. The van der Waals surface area contributed by atoms with Crippen molar-refractivity contribution in [2.45, 2.75) is 13.3 Å². The fourth-order valence-electron chi connectivity index (χ4n) is 1.46. The molecule has 0 aliphatic rings. The van der Waals surface area contributed by atoms with Crippen molar-refractivity contribution in [1.29, 1.82) is 0 Å². The molecule has 0 radical (unpaired) electrons. The second-order valence-electron chi connectivity index (χ2n) is 4.10. The van der Waals surface area contributed by atoms with Crippen molar-refractivity contribution < 1.29 is 13.2 Å². The standard InChI is InChI=1S/C12H17BrN2O3S/c1-3-8-14-12(16)9-15(19(2,17)18)11-6-4-10(13)5-7-11/h4-7H,3,8-9H2,1-2H3,(H,14,16). The normalized spacial score (nSPS) is 11.1. The molecule has 0 aromatic heterocycles. The molecule has 1 rings (SSSR count). The molecule has 106 valence electrons. The van der Waals surface area contributed by atoms with Crippen LogP contribution in [0.15, 0.2) is 28.7 Å². The highest BCUT2D eigenvalue weighted by molar-refractivity contribution is 9.10. The fourth-order valence-corrected chi connectivity index (χ4v) is 2.58. The molecule has 0 saturated carbocycles. The lowest BCUT2D eigenvalue weighted by atomic mass is 10.3. The maximum atomic E-state index is 11.8. The van der Waals surface area contributed by atoms with Gasteiger partial charge in [-0.2, -0.15) is 0 Å². The summed E-state index contributed by atoms with van der Waals surface area (Å²) in [5.74, 6) is -0.310. The number of carbonyl (C=O) groups excluding carboxylic acids is 1. The van der Waals surface area contributed by atoms with Crippen molar-refractivity contribution in [2.24, 2.45) is 0 Å². The van der Waals surface area contributed by atoms with Crippen LogP contribution in [0, 0.1) is 0 Å². The maximum Gasteiger partial charge on any atom is 0.240 e. The van der Waals surface area contributed by atoms with Crippen molar-refractivity contribution in [3.63, 3.8) is 0 Å². The smallest absolute Gasteiger partial charge is 0.240 e. The lowest BCUT2D eigenvalue weighted by Gasteiger charge is -2.21. The molecule has 0 unspecified atom stereocenters. The highest BCUT2D eigenvalue weighted by Crippen LogP contribution is 2.20. The Labute approximate surface area is 122 Å². The summed E-state index contributed by atoms with van der Waals surface area (Å²) in [4.78, 5) is 11.7. The first-order chi connectivity index (χ1) is 8.84. The fraction of sp³-hybridized carbons (Fsp3) is 0.417. The second-order valence-corrected chi connectivity index (χ2v) is 6.92. The molecule has 5 nitrogen and oxygen atoms in total. The van der Waals surface area contributed by atoms with Gasteiger partial charge in [-0.15, -0.1) is 0 Å². The summed E-state index contributed by atoms with van der Waals surface area (Å²) in [6, 6.07) is 6.77. The topological polar surface area (TPSA) is 66.5 Å². The summed E-state index contributed by atoms with van der Waals surface area (Å²) in [7, 11) is -3.49. The van der Waals surface area contributed by atoms with Gasteiger partial charge < -0.3 is 5.32 Å². The van der Waals surface area contributed by atoms with Gasteiger partial charge in [-0.3, -0.25) is 9.10 Å². The summed E-state index contributed by atoms with van der Waals surface area (Å²) in [6.07, 6.45) is 1.89. The van der Waals surface area contributed by atoms with E-state index in [9.17, 15) is 13.2 Å². The molecule has 1 amide bonds. The first kappa shape index (κ1) is 16.0. The SMILES string of the molecule is CCCNC(=O)CN(c1ccc(Br)cc1)S(C)(=O)=O. The number of sulfonamides is 1. The van der Waals surface area contributed by atoms with E-state index in [1.807, 2.05) is 6.92 Å². The van der Waals surface area contributed by atoms with Crippen LogP contribution in [0.5, 0.6) is 0 Å². The molecular weight excluding hydrogens is 332 g/mol. The largest absolute Gasteiger partial charge is 0.355 e. The van der Waals surface area contributed by atoms with Crippen LogP contribution in [0.2, 0.25) is 0 Å². The molecule has 1 aromatic rings. The van der Waals surface area contributed by atoms with Crippen LogP contribution in [0.1, 0.15) is 13.3 Å². The zero-order valence-corrected chi connectivity index (χ0v) is 13.3. The van der Waals surface area contributed by atoms with E-state index in [1.54, 1.807) is 24.3 Å². The number of amides is 1. The zero-order valence-electron chi connectivity index (χ0n) is 10.9. The van der Waals surface area contributed by atoms with E-state index in [-0.39, 0.29) is 12.5 Å². The molecule has 19 heavy (non-hydrogen) atoms. The van der Waals surface area contributed by atoms with Crippen molar-refractivity contribution in [1.82, 2.24) is 5.32 Å². The van der Waals surface area contributed by atoms with Gasteiger partial charge in [-0.25, -0.2) is 8.42 Å². The van der Waals surface area contributed by atoms with E-state index >= 15 is 0 Å². The Bertz CT molecular complexity index is 528. The summed E-state index contributed by atoms with van der Waals surface area (Å²) in [5.41, 5.74) is 0.470. The number of rotatable bonds is 6.